The van der Waals surface area contributed by atoms with Crippen LogP contribution in [0.1, 0.15) is 17.2 Å². The zero-order valence-electron chi connectivity index (χ0n) is 10.6. The number of benzene rings is 2. The number of aliphatic hydroxyl groups is 1. The molecule has 1 atom stereocenters. The number of aliphatic hydroxyl groups excluding tert-OH is 1. The van der Waals surface area contributed by atoms with Gasteiger partial charge in [0.2, 0.25) is 0 Å². The van der Waals surface area contributed by atoms with Crippen LogP contribution in [0.2, 0.25) is 0 Å². The molecule has 3 N–H and O–H groups in total. The highest BCUT2D eigenvalue weighted by atomic mass is 19.1. The summed E-state index contributed by atoms with van der Waals surface area (Å²) >= 11 is 0. The molecule has 3 rings (SSSR count). The lowest BCUT2D eigenvalue weighted by Gasteiger charge is -2.15. The van der Waals surface area contributed by atoms with E-state index in [-0.39, 0.29) is 5.82 Å². The first-order chi connectivity index (χ1) is 9.68. The average Bonchev–Trinajstić information content (AvgIpc) is 2.48. The van der Waals surface area contributed by atoms with Crippen molar-refractivity contribution < 1.29 is 9.50 Å². The van der Waals surface area contributed by atoms with Crippen molar-refractivity contribution in [3.05, 3.63) is 71.8 Å². The van der Waals surface area contributed by atoms with Gasteiger partial charge in [-0.3, -0.25) is 4.98 Å². The molecule has 20 heavy (non-hydrogen) atoms. The van der Waals surface area contributed by atoms with Gasteiger partial charge in [-0.1, -0.05) is 30.3 Å². The van der Waals surface area contributed by atoms with Crippen LogP contribution in [-0.4, -0.2) is 10.1 Å². The lowest BCUT2D eigenvalue weighted by Crippen LogP contribution is -2.05. The molecule has 3 nitrogen and oxygen atoms in total. The molecular formula is C16H13FN2O. The Balaban J connectivity index is 2.20. The van der Waals surface area contributed by atoms with Crippen LogP contribution in [0, 0.1) is 5.82 Å². The van der Waals surface area contributed by atoms with Crippen LogP contribution < -0.4 is 5.73 Å². The molecular weight excluding hydrogens is 255 g/mol. The first-order valence-electron chi connectivity index (χ1n) is 6.23. The predicted molar refractivity (Wildman–Crippen MR) is 76.6 cm³/mol. The van der Waals surface area contributed by atoms with E-state index < -0.39 is 6.10 Å². The fraction of sp³-hybridized carbons (Fsp3) is 0.0625. The maximum atomic E-state index is 13.8. The average molecular weight is 268 g/mol. The van der Waals surface area contributed by atoms with E-state index in [1.807, 2.05) is 6.07 Å². The van der Waals surface area contributed by atoms with Gasteiger partial charge in [0.25, 0.3) is 0 Å². The van der Waals surface area contributed by atoms with Gasteiger partial charge in [0.05, 0.1) is 0 Å². The maximum absolute atomic E-state index is 13.8. The highest BCUT2D eigenvalue weighted by Gasteiger charge is 2.17. The fourth-order valence-corrected chi connectivity index (χ4v) is 2.34. The zero-order chi connectivity index (χ0) is 14.1. The van der Waals surface area contributed by atoms with Crippen LogP contribution in [0.25, 0.3) is 10.8 Å². The first kappa shape index (κ1) is 12.6. The standard InChI is InChI=1S/C16H13FN2O/c17-14-6-5-12(10-3-1-2-4-11(10)14)16(20)13-9-19-8-7-15(13)18/h1-9,16,20H,(H2,18,19). The molecule has 0 aliphatic rings. The topological polar surface area (TPSA) is 59.1 Å². The molecule has 0 radical (unpaired) electrons. The van der Waals surface area contributed by atoms with Gasteiger partial charge in [0, 0.05) is 29.0 Å². The molecule has 0 saturated carbocycles. The van der Waals surface area contributed by atoms with E-state index >= 15 is 0 Å². The number of nitrogens with zero attached hydrogens (tertiary/aromatic N) is 1. The zero-order valence-corrected chi connectivity index (χ0v) is 10.6. The predicted octanol–water partition coefficient (Wildman–Crippen LogP) is 3.04. The third-order valence-electron chi connectivity index (χ3n) is 3.38. The van der Waals surface area contributed by atoms with Gasteiger partial charge in [0.1, 0.15) is 11.9 Å². The van der Waals surface area contributed by atoms with Crippen molar-refractivity contribution >= 4 is 16.5 Å². The summed E-state index contributed by atoms with van der Waals surface area (Å²) in [6, 6.07) is 11.6. The maximum Gasteiger partial charge on any atom is 0.131 e. The monoisotopic (exact) mass is 268 g/mol. The van der Waals surface area contributed by atoms with Crippen molar-refractivity contribution in [3.8, 4) is 0 Å². The summed E-state index contributed by atoms with van der Waals surface area (Å²) in [5, 5.41) is 11.7. The molecule has 1 heterocycles. The molecule has 2 aromatic carbocycles. The van der Waals surface area contributed by atoms with E-state index in [4.69, 9.17) is 5.73 Å². The highest BCUT2D eigenvalue weighted by Crippen LogP contribution is 2.32. The largest absolute Gasteiger partial charge is 0.398 e. The molecule has 0 aliphatic carbocycles. The Kier molecular flexibility index (Phi) is 3.08. The summed E-state index contributed by atoms with van der Waals surface area (Å²) in [4.78, 5) is 3.98. The summed E-state index contributed by atoms with van der Waals surface area (Å²) in [7, 11) is 0. The number of anilines is 1. The van der Waals surface area contributed by atoms with E-state index in [1.54, 1.807) is 36.5 Å². The molecule has 0 spiro atoms. The smallest absolute Gasteiger partial charge is 0.131 e. The minimum atomic E-state index is -0.936. The number of rotatable bonds is 2. The summed E-state index contributed by atoms with van der Waals surface area (Å²) < 4.78 is 13.8. The molecule has 1 unspecified atom stereocenters. The summed E-state index contributed by atoms with van der Waals surface area (Å²) in [6.45, 7) is 0. The van der Waals surface area contributed by atoms with Gasteiger partial charge in [0.15, 0.2) is 0 Å². The Morgan fingerprint density at radius 3 is 2.50 bits per heavy atom. The van der Waals surface area contributed by atoms with Gasteiger partial charge >= 0.3 is 0 Å². The van der Waals surface area contributed by atoms with Crippen LogP contribution in [0.3, 0.4) is 0 Å². The molecule has 3 aromatic rings. The van der Waals surface area contributed by atoms with E-state index in [1.165, 1.54) is 12.3 Å². The molecule has 0 amide bonds. The number of halogens is 1. The van der Waals surface area contributed by atoms with Crippen molar-refractivity contribution in [3.63, 3.8) is 0 Å². The van der Waals surface area contributed by atoms with E-state index in [0.29, 0.717) is 27.6 Å². The molecule has 0 fully saturated rings. The SMILES string of the molecule is Nc1ccncc1C(O)c1ccc(F)c2ccccc12. The third kappa shape index (κ3) is 2.00. The minimum absolute atomic E-state index is 0.310. The van der Waals surface area contributed by atoms with Crippen molar-refractivity contribution in [1.82, 2.24) is 4.98 Å². The molecule has 4 heteroatoms. The van der Waals surface area contributed by atoms with Crippen LogP contribution in [0.5, 0.6) is 0 Å². The van der Waals surface area contributed by atoms with E-state index in [2.05, 4.69) is 4.98 Å². The minimum Gasteiger partial charge on any atom is -0.398 e. The Morgan fingerprint density at radius 1 is 1.00 bits per heavy atom. The molecule has 0 bridgehead atoms. The van der Waals surface area contributed by atoms with Crippen molar-refractivity contribution in [2.24, 2.45) is 0 Å². The summed E-state index contributed by atoms with van der Waals surface area (Å²) in [6.07, 6.45) is 2.15. The number of pyridine rings is 1. The van der Waals surface area contributed by atoms with Crippen LogP contribution in [-0.2, 0) is 0 Å². The van der Waals surface area contributed by atoms with Gasteiger partial charge in [-0.15, -0.1) is 0 Å². The van der Waals surface area contributed by atoms with E-state index in [0.717, 1.165) is 0 Å². The number of aromatic nitrogens is 1. The van der Waals surface area contributed by atoms with Crippen LogP contribution in [0.15, 0.2) is 54.9 Å². The normalized spacial score (nSPS) is 12.5. The molecule has 0 saturated heterocycles. The Hall–Kier alpha value is -2.46. The number of nitrogens with two attached hydrogens (primary N) is 1. The summed E-state index contributed by atoms with van der Waals surface area (Å²) in [5.41, 5.74) is 7.45. The molecule has 0 aliphatic heterocycles. The number of hydrogen-bond acceptors (Lipinski definition) is 3. The van der Waals surface area contributed by atoms with Gasteiger partial charge in [-0.05, 0) is 23.1 Å². The number of fused-ring (bicyclic) bond motifs is 1. The lowest BCUT2D eigenvalue weighted by atomic mass is 9.96. The molecule has 100 valence electrons. The second-order valence-electron chi connectivity index (χ2n) is 4.59. The Bertz CT molecular complexity index is 773. The highest BCUT2D eigenvalue weighted by molar-refractivity contribution is 5.87. The molecule has 1 aromatic heterocycles. The number of nitrogen functional groups attached to an aromatic ring is 1. The van der Waals surface area contributed by atoms with Crippen molar-refractivity contribution in [2.45, 2.75) is 6.10 Å². The van der Waals surface area contributed by atoms with E-state index in [9.17, 15) is 9.50 Å². The quantitative estimate of drug-likeness (QED) is 0.751. The second-order valence-corrected chi connectivity index (χ2v) is 4.59. The Labute approximate surface area is 115 Å². The van der Waals surface area contributed by atoms with Crippen LogP contribution in [0.4, 0.5) is 10.1 Å². The van der Waals surface area contributed by atoms with Crippen molar-refractivity contribution in [2.75, 3.05) is 5.73 Å². The van der Waals surface area contributed by atoms with Gasteiger partial charge < -0.3 is 10.8 Å². The second kappa shape index (κ2) is 4.90. The summed E-state index contributed by atoms with van der Waals surface area (Å²) in [5.74, 6) is -0.310. The lowest BCUT2D eigenvalue weighted by molar-refractivity contribution is 0.222. The van der Waals surface area contributed by atoms with Gasteiger partial charge in [-0.2, -0.15) is 0 Å². The third-order valence-corrected chi connectivity index (χ3v) is 3.38. The number of hydrogen-bond donors (Lipinski definition) is 2. The Morgan fingerprint density at radius 2 is 1.75 bits per heavy atom. The fourth-order valence-electron chi connectivity index (χ4n) is 2.34. The van der Waals surface area contributed by atoms with Gasteiger partial charge in [-0.25, -0.2) is 4.39 Å². The van der Waals surface area contributed by atoms with Crippen molar-refractivity contribution in [1.29, 1.82) is 0 Å². The van der Waals surface area contributed by atoms with Crippen LogP contribution >= 0.6 is 0 Å². The first-order valence-corrected chi connectivity index (χ1v) is 6.23.